The molecule has 0 aliphatic heterocycles. The largest absolute Gasteiger partial charge is 0.382 e. The molecule has 0 radical (unpaired) electrons. The summed E-state index contributed by atoms with van der Waals surface area (Å²) in [5.41, 5.74) is 6.82. The molecular weight excluding hydrogens is 292 g/mol. The first-order valence-corrected chi connectivity index (χ1v) is 6.55. The smallest absolute Gasteiger partial charge is 0.145 e. The molecule has 5 heteroatoms. The van der Waals surface area contributed by atoms with Gasteiger partial charge in [-0.15, -0.1) is 0 Å². The summed E-state index contributed by atoms with van der Waals surface area (Å²) in [6.07, 6.45) is 4.00. The van der Waals surface area contributed by atoms with E-state index < -0.39 is 0 Å². The molecule has 2 N–H and O–H groups in total. The van der Waals surface area contributed by atoms with E-state index in [1.807, 2.05) is 16.9 Å². The molecule has 0 spiro atoms. The number of aryl methyl sites for hydroxylation is 2. The average molecular weight is 305 g/mol. The molecule has 0 aliphatic rings. The lowest BCUT2D eigenvalue weighted by molar-refractivity contribution is 0.544. The van der Waals surface area contributed by atoms with Gasteiger partial charge in [0, 0.05) is 34.3 Å². The number of fused-ring (bicyclic) bond motifs is 1. The van der Waals surface area contributed by atoms with Crippen LogP contribution in [0.2, 0.25) is 0 Å². The van der Waals surface area contributed by atoms with Crippen LogP contribution in [0.15, 0.2) is 47.2 Å². The van der Waals surface area contributed by atoms with Crippen molar-refractivity contribution in [3.05, 3.63) is 47.2 Å². The van der Waals surface area contributed by atoms with Crippen LogP contribution in [0.5, 0.6) is 0 Å². The van der Waals surface area contributed by atoms with Gasteiger partial charge in [0.1, 0.15) is 5.82 Å². The Morgan fingerprint density at radius 2 is 2.00 bits per heavy atom. The molecule has 92 valence electrons. The third-order valence-electron chi connectivity index (χ3n) is 2.99. The number of anilines is 1. The van der Waals surface area contributed by atoms with Gasteiger partial charge in [-0.3, -0.25) is 4.68 Å². The van der Waals surface area contributed by atoms with Crippen molar-refractivity contribution in [3.63, 3.8) is 0 Å². The molecule has 0 saturated carbocycles. The molecule has 3 rings (SSSR count). The molecule has 0 amide bonds. The fraction of sp³-hybridized carbons (Fsp3) is 0.154. The first-order valence-electron chi connectivity index (χ1n) is 5.76. The fourth-order valence-corrected chi connectivity index (χ4v) is 2.58. The summed E-state index contributed by atoms with van der Waals surface area (Å²) in [6, 6.07) is 10.2. The van der Waals surface area contributed by atoms with Gasteiger partial charge in [-0.1, -0.05) is 22.0 Å². The van der Waals surface area contributed by atoms with Crippen LogP contribution in [0.1, 0.15) is 0 Å². The highest BCUT2D eigenvalue weighted by Gasteiger charge is 2.03. The number of nitrogens with two attached hydrogens (primary N) is 1. The lowest BCUT2D eigenvalue weighted by atomic mass is 10.2. The van der Waals surface area contributed by atoms with Gasteiger partial charge in [0.05, 0.1) is 6.54 Å². The molecule has 3 aromatic rings. The Hall–Kier alpha value is -1.75. The SMILES string of the molecule is Nc1ccn(CCn2ccc3c(Br)cccc32)n1. The van der Waals surface area contributed by atoms with Crippen molar-refractivity contribution in [2.45, 2.75) is 13.1 Å². The van der Waals surface area contributed by atoms with Crippen LogP contribution in [-0.4, -0.2) is 14.3 Å². The van der Waals surface area contributed by atoms with Gasteiger partial charge in [-0.25, -0.2) is 0 Å². The summed E-state index contributed by atoms with van der Waals surface area (Å²) < 4.78 is 5.21. The molecular formula is C13H13BrN4. The maximum Gasteiger partial charge on any atom is 0.145 e. The summed E-state index contributed by atoms with van der Waals surface area (Å²) in [4.78, 5) is 0. The average Bonchev–Trinajstić information content (AvgIpc) is 2.94. The predicted octanol–water partition coefficient (Wildman–Crippen LogP) is 2.88. The lowest BCUT2D eigenvalue weighted by Crippen LogP contribution is -2.07. The second-order valence-electron chi connectivity index (χ2n) is 4.19. The Labute approximate surface area is 113 Å². The van der Waals surface area contributed by atoms with Crippen LogP contribution in [0.25, 0.3) is 10.9 Å². The summed E-state index contributed by atoms with van der Waals surface area (Å²) in [5.74, 6) is 0.565. The van der Waals surface area contributed by atoms with Gasteiger partial charge in [0.15, 0.2) is 0 Å². The van der Waals surface area contributed by atoms with Gasteiger partial charge in [0.2, 0.25) is 0 Å². The minimum atomic E-state index is 0.565. The van der Waals surface area contributed by atoms with E-state index in [0.29, 0.717) is 5.82 Å². The Morgan fingerprint density at radius 1 is 1.11 bits per heavy atom. The van der Waals surface area contributed by atoms with Crippen molar-refractivity contribution in [2.24, 2.45) is 0 Å². The molecule has 0 atom stereocenters. The molecule has 2 aromatic heterocycles. The monoisotopic (exact) mass is 304 g/mol. The number of rotatable bonds is 3. The van der Waals surface area contributed by atoms with Gasteiger partial charge < -0.3 is 10.3 Å². The number of benzene rings is 1. The first-order chi connectivity index (χ1) is 8.74. The molecule has 18 heavy (non-hydrogen) atoms. The Balaban J connectivity index is 1.85. The molecule has 4 nitrogen and oxygen atoms in total. The van der Waals surface area contributed by atoms with Crippen molar-refractivity contribution < 1.29 is 0 Å². The second kappa shape index (κ2) is 4.49. The van der Waals surface area contributed by atoms with E-state index in [4.69, 9.17) is 5.73 Å². The van der Waals surface area contributed by atoms with Crippen molar-refractivity contribution >= 4 is 32.7 Å². The maximum absolute atomic E-state index is 5.59. The highest BCUT2D eigenvalue weighted by Crippen LogP contribution is 2.24. The topological polar surface area (TPSA) is 48.8 Å². The predicted molar refractivity (Wildman–Crippen MR) is 76.3 cm³/mol. The first kappa shape index (κ1) is 11.3. The fourth-order valence-electron chi connectivity index (χ4n) is 2.09. The molecule has 0 saturated heterocycles. The number of hydrogen-bond acceptors (Lipinski definition) is 2. The van der Waals surface area contributed by atoms with Gasteiger partial charge in [0.25, 0.3) is 0 Å². The Bertz CT molecular complexity index is 683. The van der Waals surface area contributed by atoms with Gasteiger partial charge >= 0.3 is 0 Å². The van der Waals surface area contributed by atoms with E-state index in [1.54, 1.807) is 0 Å². The van der Waals surface area contributed by atoms with E-state index in [2.05, 4.69) is 56.1 Å². The molecule has 1 aromatic carbocycles. The quantitative estimate of drug-likeness (QED) is 0.809. The molecule has 0 bridgehead atoms. The highest BCUT2D eigenvalue weighted by molar-refractivity contribution is 9.10. The van der Waals surface area contributed by atoms with Crippen molar-refractivity contribution in [1.29, 1.82) is 0 Å². The number of aromatic nitrogens is 3. The molecule has 0 fully saturated rings. The third-order valence-corrected chi connectivity index (χ3v) is 3.68. The number of halogens is 1. The summed E-state index contributed by atoms with van der Waals surface area (Å²) in [7, 11) is 0. The van der Waals surface area contributed by atoms with E-state index in [0.717, 1.165) is 17.6 Å². The summed E-state index contributed by atoms with van der Waals surface area (Å²) in [6.45, 7) is 1.69. The summed E-state index contributed by atoms with van der Waals surface area (Å²) in [5, 5.41) is 5.41. The zero-order valence-electron chi connectivity index (χ0n) is 9.75. The van der Waals surface area contributed by atoms with Crippen LogP contribution in [0, 0.1) is 0 Å². The highest BCUT2D eigenvalue weighted by atomic mass is 79.9. The normalized spacial score (nSPS) is 11.2. The number of nitrogen functional groups attached to an aromatic ring is 1. The molecule has 2 heterocycles. The lowest BCUT2D eigenvalue weighted by Gasteiger charge is -2.06. The standard InChI is InChI=1S/C13H13BrN4/c14-11-2-1-3-12-10(11)4-6-17(12)8-9-18-7-5-13(15)16-18/h1-7H,8-9H2,(H2,15,16). The van der Waals surface area contributed by atoms with Crippen LogP contribution < -0.4 is 5.73 Å². The van der Waals surface area contributed by atoms with Crippen LogP contribution >= 0.6 is 15.9 Å². The van der Waals surface area contributed by atoms with Gasteiger partial charge in [-0.2, -0.15) is 5.10 Å². The van der Waals surface area contributed by atoms with Gasteiger partial charge in [-0.05, 0) is 24.3 Å². The number of nitrogens with zero attached hydrogens (tertiary/aromatic N) is 3. The van der Waals surface area contributed by atoms with Crippen LogP contribution in [0.4, 0.5) is 5.82 Å². The van der Waals surface area contributed by atoms with Crippen LogP contribution in [-0.2, 0) is 13.1 Å². The minimum absolute atomic E-state index is 0.565. The minimum Gasteiger partial charge on any atom is -0.382 e. The summed E-state index contributed by atoms with van der Waals surface area (Å²) >= 11 is 3.56. The van der Waals surface area contributed by atoms with E-state index in [-0.39, 0.29) is 0 Å². The Morgan fingerprint density at radius 3 is 2.78 bits per heavy atom. The zero-order valence-corrected chi connectivity index (χ0v) is 11.3. The second-order valence-corrected chi connectivity index (χ2v) is 5.04. The van der Waals surface area contributed by atoms with Crippen molar-refractivity contribution in [2.75, 3.05) is 5.73 Å². The van der Waals surface area contributed by atoms with Crippen molar-refractivity contribution in [3.8, 4) is 0 Å². The van der Waals surface area contributed by atoms with E-state index >= 15 is 0 Å². The zero-order chi connectivity index (χ0) is 12.5. The Kier molecular flexibility index (Phi) is 2.83. The third kappa shape index (κ3) is 2.01. The van der Waals surface area contributed by atoms with E-state index in [1.165, 1.54) is 10.9 Å². The molecule has 0 aliphatic carbocycles. The van der Waals surface area contributed by atoms with Crippen LogP contribution in [0.3, 0.4) is 0 Å². The molecule has 0 unspecified atom stereocenters. The van der Waals surface area contributed by atoms with Crippen molar-refractivity contribution in [1.82, 2.24) is 14.3 Å². The number of hydrogen-bond donors (Lipinski definition) is 1. The van der Waals surface area contributed by atoms with E-state index in [9.17, 15) is 0 Å². The maximum atomic E-state index is 5.59.